The molecule has 0 aliphatic heterocycles. The van der Waals surface area contributed by atoms with E-state index in [0.717, 1.165) is 25.7 Å². The van der Waals surface area contributed by atoms with Crippen LogP contribution in [0.25, 0.3) is 0 Å². The van der Waals surface area contributed by atoms with Gasteiger partial charge in [0.2, 0.25) is 0 Å². The van der Waals surface area contributed by atoms with Crippen LogP contribution in [-0.4, -0.2) is 29.1 Å². The molecule has 116 valence electrons. The number of nitrogens with one attached hydrogen (secondary N) is 1. The Morgan fingerprint density at radius 2 is 1.86 bits per heavy atom. The van der Waals surface area contributed by atoms with Crippen LogP contribution in [0.5, 0.6) is 11.5 Å². The molecule has 0 spiro atoms. The summed E-state index contributed by atoms with van der Waals surface area (Å²) in [7, 11) is 1.45. The van der Waals surface area contributed by atoms with Crippen molar-refractivity contribution in [3.05, 3.63) is 18.0 Å². The molecule has 1 heterocycles. The first-order valence-corrected chi connectivity index (χ1v) is 7.75. The minimum atomic E-state index is -0.323. The summed E-state index contributed by atoms with van der Waals surface area (Å²) in [6.07, 6.45) is 10.8. The number of hydrogen-bond donors (Lipinski definition) is 2. The highest BCUT2D eigenvalue weighted by atomic mass is 16.5. The first-order valence-electron chi connectivity index (χ1n) is 7.75. The Hall–Kier alpha value is -1.78. The van der Waals surface area contributed by atoms with Crippen molar-refractivity contribution in [3.63, 3.8) is 0 Å². The Morgan fingerprint density at radius 3 is 2.48 bits per heavy atom. The molecule has 0 aromatic carbocycles. The molecule has 0 atom stereocenters. The number of carbonyl (C=O) groups excluding carboxylic acids is 1. The number of hydrogen-bond acceptors (Lipinski definition) is 4. The second-order valence-corrected chi connectivity index (χ2v) is 5.58. The van der Waals surface area contributed by atoms with Crippen molar-refractivity contribution in [2.24, 2.45) is 0 Å². The Balaban J connectivity index is 2.02. The molecule has 1 aliphatic carbocycles. The van der Waals surface area contributed by atoms with E-state index in [-0.39, 0.29) is 29.1 Å². The summed E-state index contributed by atoms with van der Waals surface area (Å²) in [6.45, 7) is 0. The van der Waals surface area contributed by atoms with E-state index in [0.29, 0.717) is 0 Å². The summed E-state index contributed by atoms with van der Waals surface area (Å²) in [5.74, 6) is -0.249. The van der Waals surface area contributed by atoms with Crippen LogP contribution in [-0.2, 0) is 0 Å². The van der Waals surface area contributed by atoms with E-state index < -0.39 is 0 Å². The third-order valence-electron chi connectivity index (χ3n) is 4.01. The monoisotopic (exact) mass is 292 g/mol. The van der Waals surface area contributed by atoms with E-state index in [4.69, 9.17) is 4.74 Å². The molecule has 2 rings (SSSR count). The van der Waals surface area contributed by atoms with Crippen LogP contribution >= 0.6 is 0 Å². The smallest absolute Gasteiger partial charge is 0.274 e. The summed E-state index contributed by atoms with van der Waals surface area (Å²) >= 11 is 0. The van der Waals surface area contributed by atoms with Gasteiger partial charge in [-0.2, -0.15) is 0 Å². The van der Waals surface area contributed by atoms with Gasteiger partial charge in [-0.3, -0.25) is 4.79 Å². The molecule has 1 aliphatic rings. The minimum Gasteiger partial charge on any atom is -0.503 e. The maximum Gasteiger partial charge on any atom is 0.274 e. The molecule has 0 saturated heterocycles. The highest BCUT2D eigenvalue weighted by molar-refractivity contribution is 5.95. The molecule has 1 amide bonds. The van der Waals surface area contributed by atoms with Gasteiger partial charge in [-0.25, -0.2) is 4.98 Å². The van der Waals surface area contributed by atoms with E-state index in [1.165, 1.54) is 45.1 Å². The summed E-state index contributed by atoms with van der Waals surface area (Å²) < 4.78 is 5.01. The second-order valence-electron chi connectivity index (χ2n) is 5.58. The molecule has 0 bridgehead atoms. The molecule has 5 nitrogen and oxygen atoms in total. The van der Waals surface area contributed by atoms with Crippen molar-refractivity contribution >= 4 is 5.91 Å². The van der Waals surface area contributed by atoms with Crippen LogP contribution in [0, 0.1) is 0 Å². The SMILES string of the molecule is COc1ccnc(C(=O)NC2CCCCCCCC2)c1O. The van der Waals surface area contributed by atoms with Gasteiger partial charge in [0.05, 0.1) is 7.11 Å². The lowest BCUT2D eigenvalue weighted by atomic mass is 10.0. The molecule has 1 aromatic heterocycles. The molecular weight excluding hydrogens is 268 g/mol. The zero-order chi connectivity index (χ0) is 15.1. The van der Waals surface area contributed by atoms with Crippen LogP contribution in [0.1, 0.15) is 61.9 Å². The first kappa shape index (κ1) is 15.6. The standard InChI is InChI=1S/C16H24N2O3/c1-21-13-10-11-17-14(15(13)19)16(20)18-12-8-6-4-2-3-5-7-9-12/h10-12,19H,2-9H2,1H3,(H,18,20). The molecule has 0 radical (unpaired) electrons. The highest BCUT2D eigenvalue weighted by Crippen LogP contribution is 2.27. The van der Waals surface area contributed by atoms with Crippen molar-refractivity contribution in [2.75, 3.05) is 7.11 Å². The zero-order valence-corrected chi connectivity index (χ0v) is 12.6. The van der Waals surface area contributed by atoms with Crippen LogP contribution in [0.15, 0.2) is 12.3 Å². The normalized spacial score (nSPS) is 17.4. The van der Waals surface area contributed by atoms with Crippen molar-refractivity contribution in [1.29, 1.82) is 0 Å². The number of carbonyl (C=O) groups is 1. The lowest BCUT2D eigenvalue weighted by molar-refractivity contribution is 0.0923. The number of pyridine rings is 1. The number of methoxy groups -OCH3 is 1. The number of rotatable bonds is 3. The van der Waals surface area contributed by atoms with Gasteiger partial charge >= 0.3 is 0 Å². The fraction of sp³-hybridized carbons (Fsp3) is 0.625. The average Bonchev–Trinajstić information content (AvgIpc) is 2.61. The fourth-order valence-electron chi connectivity index (χ4n) is 2.80. The average molecular weight is 292 g/mol. The number of nitrogens with zero attached hydrogens (tertiary/aromatic N) is 1. The van der Waals surface area contributed by atoms with E-state index in [9.17, 15) is 9.90 Å². The maximum atomic E-state index is 12.3. The first-order chi connectivity index (χ1) is 10.2. The quantitative estimate of drug-likeness (QED) is 0.898. The number of amides is 1. The number of ether oxygens (including phenoxy) is 1. The Labute approximate surface area is 125 Å². The van der Waals surface area contributed by atoms with Gasteiger partial charge < -0.3 is 15.2 Å². The lowest BCUT2D eigenvalue weighted by Gasteiger charge is -2.18. The summed E-state index contributed by atoms with van der Waals surface area (Å²) in [5.41, 5.74) is 0.0363. The molecule has 21 heavy (non-hydrogen) atoms. The van der Waals surface area contributed by atoms with Gasteiger partial charge in [0.1, 0.15) is 0 Å². The van der Waals surface area contributed by atoms with E-state index in [1.807, 2.05) is 0 Å². The second kappa shape index (κ2) is 7.86. The van der Waals surface area contributed by atoms with E-state index >= 15 is 0 Å². The summed E-state index contributed by atoms with van der Waals surface area (Å²) in [6, 6.07) is 1.70. The van der Waals surface area contributed by atoms with E-state index in [1.54, 1.807) is 0 Å². The Morgan fingerprint density at radius 1 is 1.24 bits per heavy atom. The minimum absolute atomic E-state index is 0.0363. The molecule has 1 fully saturated rings. The summed E-state index contributed by atoms with van der Waals surface area (Å²) in [5, 5.41) is 13.0. The number of aromatic hydroxyl groups is 1. The van der Waals surface area contributed by atoms with Gasteiger partial charge in [-0.1, -0.05) is 38.5 Å². The number of aromatic nitrogens is 1. The zero-order valence-electron chi connectivity index (χ0n) is 12.6. The van der Waals surface area contributed by atoms with Gasteiger partial charge in [-0.05, 0) is 12.8 Å². The van der Waals surface area contributed by atoms with Crippen molar-refractivity contribution in [2.45, 2.75) is 57.4 Å². The largest absolute Gasteiger partial charge is 0.503 e. The van der Waals surface area contributed by atoms with Gasteiger partial charge in [-0.15, -0.1) is 0 Å². The Bertz CT molecular complexity index is 467. The molecular formula is C16H24N2O3. The van der Waals surface area contributed by atoms with Crippen molar-refractivity contribution < 1.29 is 14.6 Å². The topological polar surface area (TPSA) is 71.5 Å². The molecule has 2 N–H and O–H groups in total. The van der Waals surface area contributed by atoms with Crippen LogP contribution in [0.3, 0.4) is 0 Å². The van der Waals surface area contributed by atoms with Crippen molar-refractivity contribution in [1.82, 2.24) is 10.3 Å². The third kappa shape index (κ3) is 4.34. The predicted octanol–water partition coefficient (Wildman–Crippen LogP) is 3.03. The molecule has 1 saturated carbocycles. The van der Waals surface area contributed by atoms with Gasteiger partial charge in [0.25, 0.3) is 5.91 Å². The highest BCUT2D eigenvalue weighted by Gasteiger charge is 2.20. The molecule has 5 heteroatoms. The molecule has 1 aromatic rings. The lowest BCUT2D eigenvalue weighted by Crippen LogP contribution is -2.35. The third-order valence-corrected chi connectivity index (χ3v) is 4.01. The predicted molar refractivity (Wildman–Crippen MR) is 80.6 cm³/mol. The van der Waals surface area contributed by atoms with Crippen LogP contribution in [0.2, 0.25) is 0 Å². The molecule has 0 unspecified atom stereocenters. The summed E-state index contributed by atoms with van der Waals surface area (Å²) in [4.78, 5) is 16.3. The maximum absolute atomic E-state index is 12.3. The van der Waals surface area contributed by atoms with Crippen LogP contribution in [0.4, 0.5) is 0 Å². The fourth-order valence-corrected chi connectivity index (χ4v) is 2.80. The van der Waals surface area contributed by atoms with Gasteiger partial charge in [0.15, 0.2) is 17.2 Å². The Kier molecular flexibility index (Phi) is 5.84. The van der Waals surface area contributed by atoms with Gasteiger partial charge in [0, 0.05) is 18.3 Å². The van der Waals surface area contributed by atoms with E-state index in [2.05, 4.69) is 10.3 Å². The van der Waals surface area contributed by atoms with Crippen LogP contribution < -0.4 is 10.1 Å². The van der Waals surface area contributed by atoms with Crippen molar-refractivity contribution in [3.8, 4) is 11.5 Å².